The van der Waals surface area contributed by atoms with Gasteiger partial charge in [0.2, 0.25) is 0 Å². The Morgan fingerprint density at radius 2 is 1.63 bits per heavy atom. The van der Waals surface area contributed by atoms with E-state index in [4.69, 9.17) is 14.0 Å². The Bertz CT molecular complexity index is 714. The number of halogens is 3. The van der Waals surface area contributed by atoms with Crippen molar-refractivity contribution in [3.05, 3.63) is 29.3 Å². The second-order valence-electron chi connectivity index (χ2n) is 7.80. The summed E-state index contributed by atoms with van der Waals surface area (Å²) in [5.41, 5.74) is -2.22. The van der Waals surface area contributed by atoms with Gasteiger partial charge < -0.3 is 18.9 Å². The van der Waals surface area contributed by atoms with Crippen LogP contribution in [0.3, 0.4) is 0 Å². The minimum Gasteiger partial charge on any atom is -0.399 e. The Balaban J connectivity index is 1.98. The zero-order valence-corrected chi connectivity index (χ0v) is 15.9. The molecule has 0 N–H and O–H groups in total. The molecule has 0 aliphatic carbocycles. The summed E-state index contributed by atoms with van der Waals surface area (Å²) >= 11 is 0. The zero-order valence-electron chi connectivity index (χ0n) is 15.9. The molecule has 0 saturated carbocycles. The fourth-order valence-corrected chi connectivity index (χ4v) is 3.05. The lowest BCUT2D eigenvalue weighted by Gasteiger charge is -2.32. The Labute approximate surface area is 156 Å². The van der Waals surface area contributed by atoms with Crippen LogP contribution in [0.15, 0.2) is 18.2 Å². The number of amides is 1. The van der Waals surface area contributed by atoms with Crippen molar-refractivity contribution < 1.29 is 32.0 Å². The fourth-order valence-electron chi connectivity index (χ4n) is 3.05. The molecular formula is C18H23BF3NO4. The van der Waals surface area contributed by atoms with Gasteiger partial charge in [-0.3, -0.25) is 4.79 Å². The molecule has 0 radical (unpaired) electrons. The summed E-state index contributed by atoms with van der Waals surface area (Å²) in [5, 5.41) is 0. The van der Waals surface area contributed by atoms with Gasteiger partial charge in [0, 0.05) is 13.1 Å². The number of hydrogen-bond donors (Lipinski definition) is 0. The molecule has 0 aromatic heterocycles. The van der Waals surface area contributed by atoms with Crippen molar-refractivity contribution in [2.75, 3.05) is 26.3 Å². The predicted molar refractivity (Wildman–Crippen MR) is 93.9 cm³/mol. The molecule has 2 fully saturated rings. The van der Waals surface area contributed by atoms with Gasteiger partial charge in [0.05, 0.1) is 35.5 Å². The summed E-state index contributed by atoms with van der Waals surface area (Å²) in [6.45, 7) is 8.57. The molecule has 2 aliphatic heterocycles. The number of carbonyl (C=O) groups is 1. The van der Waals surface area contributed by atoms with Crippen molar-refractivity contribution in [3.8, 4) is 0 Å². The number of rotatable bonds is 2. The summed E-state index contributed by atoms with van der Waals surface area (Å²) in [6, 6.07) is 3.47. The van der Waals surface area contributed by atoms with E-state index in [1.54, 1.807) is 0 Å². The molecule has 3 rings (SSSR count). The average molecular weight is 385 g/mol. The molecule has 0 bridgehead atoms. The number of benzene rings is 1. The molecule has 2 aliphatic rings. The minimum absolute atomic E-state index is 0.261. The first-order chi connectivity index (χ1) is 12.4. The molecule has 1 aromatic carbocycles. The van der Waals surface area contributed by atoms with E-state index in [1.165, 1.54) is 17.0 Å². The zero-order chi connectivity index (χ0) is 20.0. The van der Waals surface area contributed by atoms with E-state index in [-0.39, 0.29) is 13.1 Å². The van der Waals surface area contributed by atoms with Crippen molar-refractivity contribution in [3.63, 3.8) is 0 Å². The molecule has 2 saturated heterocycles. The summed E-state index contributed by atoms with van der Waals surface area (Å²) < 4.78 is 57.4. The van der Waals surface area contributed by atoms with Crippen LogP contribution < -0.4 is 5.46 Å². The molecular weight excluding hydrogens is 362 g/mol. The molecule has 0 atom stereocenters. The lowest BCUT2D eigenvalue weighted by Crippen LogP contribution is -2.42. The molecule has 0 spiro atoms. The highest BCUT2D eigenvalue weighted by Gasteiger charge is 2.52. The third-order valence-electron chi connectivity index (χ3n) is 5.40. The second kappa shape index (κ2) is 6.79. The van der Waals surface area contributed by atoms with E-state index in [9.17, 15) is 18.0 Å². The lowest BCUT2D eigenvalue weighted by atomic mass is 9.77. The summed E-state index contributed by atoms with van der Waals surface area (Å²) in [7, 11) is -0.839. The molecule has 148 valence electrons. The molecule has 2 heterocycles. The number of carbonyl (C=O) groups excluding carboxylic acids is 1. The Hall–Kier alpha value is -1.58. The Morgan fingerprint density at radius 3 is 2.15 bits per heavy atom. The largest absolute Gasteiger partial charge is 0.494 e. The highest BCUT2D eigenvalue weighted by atomic mass is 19.4. The van der Waals surface area contributed by atoms with Crippen LogP contribution in [0.5, 0.6) is 0 Å². The van der Waals surface area contributed by atoms with E-state index in [0.29, 0.717) is 18.7 Å². The van der Waals surface area contributed by atoms with Gasteiger partial charge in [0.15, 0.2) is 0 Å². The van der Waals surface area contributed by atoms with Gasteiger partial charge in [0.1, 0.15) is 0 Å². The topological polar surface area (TPSA) is 48.0 Å². The van der Waals surface area contributed by atoms with E-state index >= 15 is 0 Å². The fraction of sp³-hybridized carbons (Fsp3) is 0.611. The molecule has 5 nitrogen and oxygen atoms in total. The maximum atomic E-state index is 13.5. The van der Waals surface area contributed by atoms with Gasteiger partial charge in [-0.05, 0) is 45.3 Å². The standard InChI is InChI=1S/C18H23BF3NO4/c1-16(2)17(3,4)27-19(26-16)12-5-6-14(18(20,21)22)13(11-12)15(24)23-7-9-25-10-8-23/h5-6,11H,7-10H2,1-4H3. The predicted octanol–water partition coefficient (Wildman–Crippen LogP) is 2.48. The highest BCUT2D eigenvalue weighted by Crippen LogP contribution is 2.37. The van der Waals surface area contributed by atoms with Gasteiger partial charge >= 0.3 is 13.3 Å². The molecule has 0 unspecified atom stereocenters. The molecule has 9 heteroatoms. The monoisotopic (exact) mass is 385 g/mol. The number of hydrogen-bond acceptors (Lipinski definition) is 4. The molecule has 1 aromatic rings. The van der Waals surface area contributed by atoms with E-state index in [0.717, 1.165) is 6.07 Å². The number of morpholine rings is 1. The Kier molecular flexibility index (Phi) is 5.07. The smallest absolute Gasteiger partial charge is 0.399 e. The first-order valence-corrected chi connectivity index (χ1v) is 8.86. The normalized spacial score (nSPS) is 22.2. The van der Waals surface area contributed by atoms with Gasteiger partial charge in [0.25, 0.3) is 5.91 Å². The van der Waals surface area contributed by atoms with Crippen LogP contribution in [0.4, 0.5) is 13.2 Å². The quantitative estimate of drug-likeness (QED) is 0.735. The first-order valence-electron chi connectivity index (χ1n) is 8.86. The van der Waals surface area contributed by atoms with Crippen LogP contribution in [0.1, 0.15) is 43.6 Å². The maximum absolute atomic E-state index is 13.5. The lowest BCUT2D eigenvalue weighted by molar-refractivity contribution is -0.138. The third-order valence-corrected chi connectivity index (χ3v) is 5.40. The molecule has 1 amide bonds. The van der Waals surface area contributed by atoms with Crippen molar-refractivity contribution in [1.29, 1.82) is 0 Å². The summed E-state index contributed by atoms with van der Waals surface area (Å²) in [6.07, 6.45) is -4.63. The van der Waals surface area contributed by atoms with Gasteiger partial charge in [-0.25, -0.2) is 0 Å². The third kappa shape index (κ3) is 3.86. The number of alkyl halides is 3. The van der Waals surface area contributed by atoms with E-state index in [2.05, 4.69) is 0 Å². The summed E-state index contributed by atoms with van der Waals surface area (Å²) in [4.78, 5) is 14.2. The van der Waals surface area contributed by atoms with Crippen LogP contribution in [-0.2, 0) is 20.2 Å². The van der Waals surface area contributed by atoms with E-state index in [1.807, 2.05) is 27.7 Å². The van der Waals surface area contributed by atoms with Crippen LogP contribution in [0.2, 0.25) is 0 Å². The Morgan fingerprint density at radius 1 is 1.07 bits per heavy atom. The second-order valence-corrected chi connectivity index (χ2v) is 7.80. The number of ether oxygens (including phenoxy) is 1. The van der Waals surface area contributed by atoms with Crippen molar-refractivity contribution in [2.24, 2.45) is 0 Å². The minimum atomic E-state index is -4.63. The van der Waals surface area contributed by atoms with Crippen LogP contribution in [-0.4, -0.2) is 55.4 Å². The van der Waals surface area contributed by atoms with E-state index < -0.39 is 41.5 Å². The number of nitrogens with zero attached hydrogens (tertiary/aromatic N) is 1. The molecule has 27 heavy (non-hydrogen) atoms. The highest BCUT2D eigenvalue weighted by molar-refractivity contribution is 6.62. The van der Waals surface area contributed by atoms with Gasteiger partial charge in [-0.15, -0.1) is 0 Å². The average Bonchev–Trinajstić information content (AvgIpc) is 2.81. The van der Waals surface area contributed by atoms with Crippen LogP contribution >= 0.6 is 0 Å². The van der Waals surface area contributed by atoms with Crippen LogP contribution in [0, 0.1) is 0 Å². The maximum Gasteiger partial charge on any atom is 0.494 e. The van der Waals surface area contributed by atoms with Gasteiger partial charge in [-0.2, -0.15) is 13.2 Å². The first kappa shape index (κ1) is 20.2. The van der Waals surface area contributed by atoms with Crippen molar-refractivity contribution >= 4 is 18.5 Å². The van der Waals surface area contributed by atoms with Gasteiger partial charge in [-0.1, -0.05) is 6.07 Å². The van der Waals surface area contributed by atoms with Crippen molar-refractivity contribution in [1.82, 2.24) is 4.90 Å². The van der Waals surface area contributed by atoms with Crippen LogP contribution in [0.25, 0.3) is 0 Å². The summed E-state index contributed by atoms with van der Waals surface area (Å²) in [5.74, 6) is -0.663. The van der Waals surface area contributed by atoms with Crippen molar-refractivity contribution in [2.45, 2.75) is 45.1 Å². The SMILES string of the molecule is CC1(C)OB(c2ccc(C(F)(F)F)c(C(=O)N3CCOCC3)c2)OC1(C)C.